The van der Waals surface area contributed by atoms with Crippen LogP contribution in [-0.4, -0.2) is 33.7 Å². The molecule has 1 aromatic carbocycles. The van der Waals surface area contributed by atoms with Gasteiger partial charge in [0.05, 0.1) is 16.9 Å². The van der Waals surface area contributed by atoms with Gasteiger partial charge in [-0.1, -0.05) is 18.2 Å². The minimum Gasteiger partial charge on any atom is -0.365 e. The number of nitrogens with zero attached hydrogens (tertiary/aromatic N) is 4. The van der Waals surface area contributed by atoms with E-state index in [9.17, 15) is 4.79 Å². The molecule has 2 aromatic heterocycles. The molecule has 4 rings (SSSR count). The number of hydrogen-bond acceptors (Lipinski definition) is 5. The van der Waals surface area contributed by atoms with Gasteiger partial charge >= 0.3 is 0 Å². The van der Waals surface area contributed by atoms with E-state index in [2.05, 4.69) is 11.0 Å². The number of amides is 1. The fourth-order valence-electron chi connectivity index (χ4n) is 3.76. The van der Waals surface area contributed by atoms with Gasteiger partial charge in [-0.2, -0.15) is 10.4 Å². The molecule has 0 aliphatic carbocycles. The molecule has 0 radical (unpaired) electrons. The fourth-order valence-corrected chi connectivity index (χ4v) is 4.60. The van der Waals surface area contributed by atoms with Crippen LogP contribution in [0, 0.1) is 11.3 Å². The first-order valence-electron chi connectivity index (χ1n) is 9.30. The summed E-state index contributed by atoms with van der Waals surface area (Å²) in [7, 11) is 0. The number of carbonyl (C=O) groups is 1. The summed E-state index contributed by atoms with van der Waals surface area (Å²) in [6.07, 6.45) is 3.76. The minimum absolute atomic E-state index is 0.164. The zero-order chi connectivity index (χ0) is 19.5. The minimum atomic E-state index is -0.439. The van der Waals surface area contributed by atoms with Gasteiger partial charge in [0, 0.05) is 30.1 Å². The third-order valence-corrected chi connectivity index (χ3v) is 6.05. The molecule has 1 aliphatic rings. The monoisotopic (exact) mass is 391 g/mol. The van der Waals surface area contributed by atoms with Crippen LogP contribution in [0.3, 0.4) is 0 Å². The van der Waals surface area contributed by atoms with Crippen molar-refractivity contribution in [2.45, 2.75) is 25.3 Å². The molecule has 6 nitrogen and oxygen atoms in total. The summed E-state index contributed by atoms with van der Waals surface area (Å²) < 4.78 is 1.74. The molecule has 1 aliphatic heterocycles. The molecule has 1 fully saturated rings. The average Bonchev–Trinajstić information content (AvgIpc) is 3.36. The predicted octanol–water partition coefficient (Wildman–Crippen LogP) is 3.28. The van der Waals surface area contributed by atoms with Gasteiger partial charge in [0.25, 0.3) is 5.91 Å². The first-order chi connectivity index (χ1) is 13.6. The van der Waals surface area contributed by atoms with Crippen LogP contribution in [0.25, 0.3) is 5.69 Å². The maximum absolute atomic E-state index is 12.0. The molecule has 0 saturated carbocycles. The molecule has 0 bridgehead atoms. The third kappa shape index (κ3) is 3.84. The summed E-state index contributed by atoms with van der Waals surface area (Å²) in [5, 5.41) is 13.8. The molecule has 3 aromatic rings. The van der Waals surface area contributed by atoms with Crippen molar-refractivity contribution in [3.05, 3.63) is 69.7 Å². The summed E-state index contributed by atoms with van der Waals surface area (Å²) in [6, 6.07) is 15.8. The zero-order valence-electron chi connectivity index (χ0n) is 15.4. The Kier molecular flexibility index (Phi) is 5.24. The predicted molar refractivity (Wildman–Crippen MR) is 108 cm³/mol. The van der Waals surface area contributed by atoms with E-state index >= 15 is 0 Å². The lowest BCUT2D eigenvalue weighted by Crippen LogP contribution is -2.34. The van der Waals surface area contributed by atoms with Gasteiger partial charge in [-0.05, 0) is 43.7 Å². The summed E-state index contributed by atoms with van der Waals surface area (Å²) >= 11 is 1.54. The van der Waals surface area contributed by atoms with E-state index in [-0.39, 0.29) is 5.92 Å². The quantitative estimate of drug-likeness (QED) is 0.723. The van der Waals surface area contributed by atoms with E-state index in [4.69, 9.17) is 16.1 Å². The summed E-state index contributed by atoms with van der Waals surface area (Å²) in [4.78, 5) is 16.3. The van der Waals surface area contributed by atoms with Crippen LogP contribution < -0.4 is 5.73 Å². The van der Waals surface area contributed by atoms with Gasteiger partial charge < -0.3 is 5.73 Å². The van der Waals surface area contributed by atoms with Crippen molar-refractivity contribution in [3.63, 3.8) is 0 Å². The molecule has 3 heterocycles. The van der Waals surface area contributed by atoms with E-state index in [1.165, 1.54) is 16.2 Å². The van der Waals surface area contributed by atoms with E-state index < -0.39 is 5.91 Å². The number of benzene rings is 1. The van der Waals surface area contributed by atoms with E-state index in [0.717, 1.165) is 48.7 Å². The number of primary amides is 1. The molecule has 142 valence electrons. The Bertz CT molecular complexity index is 1020. The standard InChI is InChI=1S/C21H21N5OS/c22-11-17-8-9-18(28-17)13-25-10-4-5-15(12-25)20-19(21(23)27)14-26(24-20)16-6-2-1-3-7-16/h1-3,6-9,14-15H,4-5,10,12-13H2,(H2,23,27)/t15-/m1/s1. The van der Waals surface area contributed by atoms with Crippen LogP contribution in [0.2, 0.25) is 0 Å². The van der Waals surface area contributed by atoms with Crippen LogP contribution in [-0.2, 0) is 6.54 Å². The first kappa shape index (κ1) is 18.4. The van der Waals surface area contributed by atoms with Gasteiger partial charge in [-0.25, -0.2) is 4.68 Å². The molecule has 0 spiro atoms. The van der Waals surface area contributed by atoms with Crippen molar-refractivity contribution in [3.8, 4) is 11.8 Å². The highest BCUT2D eigenvalue weighted by Crippen LogP contribution is 2.30. The molecule has 1 saturated heterocycles. The van der Waals surface area contributed by atoms with Crippen LogP contribution >= 0.6 is 11.3 Å². The number of likely N-dealkylation sites (tertiary alicyclic amines) is 1. The van der Waals surface area contributed by atoms with Crippen LogP contribution in [0.1, 0.15) is 44.6 Å². The Hall–Kier alpha value is -2.95. The SMILES string of the molecule is N#Cc1ccc(CN2CCC[C@@H](c3nn(-c4ccccc4)cc3C(N)=O)C2)s1. The summed E-state index contributed by atoms with van der Waals surface area (Å²) in [6.45, 7) is 2.64. The molecule has 1 atom stereocenters. The fraction of sp³-hybridized carbons (Fsp3) is 0.286. The van der Waals surface area contributed by atoms with Crippen molar-refractivity contribution in [1.29, 1.82) is 5.26 Å². The average molecular weight is 392 g/mol. The highest BCUT2D eigenvalue weighted by molar-refractivity contribution is 7.12. The Labute approximate surface area is 167 Å². The first-order valence-corrected chi connectivity index (χ1v) is 10.1. The van der Waals surface area contributed by atoms with Crippen LogP contribution in [0.5, 0.6) is 0 Å². The number of nitrogens with two attached hydrogens (primary N) is 1. The van der Waals surface area contributed by atoms with Gasteiger partial charge in [0.2, 0.25) is 0 Å². The number of piperidine rings is 1. The number of thiophene rings is 1. The lowest BCUT2D eigenvalue weighted by molar-refractivity contribution is 0.0997. The highest BCUT2D eigenvalue weighted by atomic mass is 32.1. The number of hydrogen-bond donors (Lipinski definition) is 1. The molecule has 28 heavy (non-hydrogen) atoms. The Morgan fingerprint density at radius 3 is 2.82 bits per heavy atom. The topological polar surface area (TPSA) is 87.9 Å². The van der Waals surface area contributed by atoms with E-state index in [0.29, 0.717) is 5.56 Å². The number of aromatic nitrogens is 2. The number of carbonyl (C=O) groups excluding carboxylic acids is 1. The largest absolute Gasteiger partial charge is 0.365 e. The number of rotatable bonds is 5. The van der Waals surface area contributed by atoms with Crippen molar-refractivity contribution in [2.24, 2.45) is 5.73 Å². The second-order valence-electron chi connectivity index (χ2n) is 7.02. The van der Waals surface area contributed by atoms with E-state index in [1.807, 2.05) is 42.5 Å². The Morgan fingerprint density at radius 1 is 1.29 bits per heavy atom. The van der Waals surface area contributed by atoms with Gasteiger partial charge in [-0.3, -0.25) is 9.69 Å². The second kappa shape index (κ2) is 7.97. The molecular formula is C21H21N5OS. The van der Waals surface area contributed by atoms with Crippen LogP contribution in [0.4, 0.5) is 0 Å². The maximum atomic E-state index is 12.0. The van der Waals surface area contributed by atoms with Gasteiger partial charge in [-0.15, -0.1) is 11.3 Å². The maximum Gasteiger partial charge on any atom is 0.252 e. The van der Waals surface area contributed by atoms with Crippen molar-refractivity contribution in [2.75, 3.05) is 13.1 Å². The lowest BCUT2D eigenvalue weighted by Gasteiger charge is -2.31. The third-order valence-electron chi connectivity index (χ3n) is 5.07. The van der Waals surface area contributed by atoms with Crippen molar-refractivity contribution >= 4 is 17.2 Å². The van der Waals surface area contributed by atoms with Gasteiger partial charge in [0.1, 0.15) is 10.9 Å². The highest BCUT2D eigenvalue weighted by Gasteiger charge is 2.28. The summed E-state index contributed by atoms with van der Waals surface area (Å²) in [5.74, 6) is -0.275. The van der Waals surface area contributed by atoms with Crippen molar-refractivity contribution < 1.29 is 4.79 Å². The molecule has 2 N–H and O–H groups in total. The normalized spacial score (nSPS) is 17.3. The number of nitriles is 1. The smallest absolute Gasteiger partial charge is 0.252 e. The van der Waals surface area contributed by atoms with Crippen molar-refractivity contribution in [1.82, 2.24) is 14.7 Å². The Morgan fingerprint density at radius 2 is 2.11 bits per heavy atom. The van der Waals surface area contributed by atoms with Crippen LogP contribution in [0.15, 0.2) is 48.7 Å². The number of para-hydroxylation sites is 1. The Balaban J connectivity index is 1.56. The summed E-state index contributed by atoms with van der Waals surface area (Å²) in [5.41, 5.74) is 7.84. The van der Waals surface area contributed by atoms with Gasteiger partial charge in [0.15, 0.2) is 0 Å². The molecule has 0 unspecified atom stereocenters. The molecule has 7 heteroatoms. The molecular weight excluding hydrogens is 370 g/mol. The van der Waals surface area contributed by atoms with E-state index in [1.54, 1.807) is 10.9 Å². The zero-order valence-corrected chi connectivity index (χ0v) is 16.2. The molecule has 1 amide bonds. The lowest BCUT2D eigenvalue weighted by atomic mass is 9.92. The second-order valence-corrected chi connectivity index (χ2v) is 8.19.